The predicted octanol–water partition coefficient (Wildman–Crippen LogP) is 2.68. The molecule has 2 aliphatic heterocycles. The first-order chi connectivity index (χ1) is 18.8. The van der Waals surface area contributed by atoms with Gasteiger partial charge in [0.05, 0.1) is 24.2 Å². The van der Waals surface area contributed by atoms with Crippen molar-refractivity contribution >= 4 is 17.8 Å². The maximum atomic E-state index is 14.2. The SMILES string of the molecule is CNC(=O)[C@@H]1C[C@@H](O)CN1C(=O)[C@@H](N1CC(CC(C)(C)C(=O)OC)(C2C/C=C\CCCCCC2)NN1)C(C)(C)C. The molecule has 0 saturated carbocycles. The zero-order valence-corrected chi connectivity index (χ0v) is 25.7. The number of methoxy groups -OCH3 is 1. The summed E-state index contributed by atoms with van der Waals surface area (Å²) in [5.74, 6) is -0.495. The lowest BCUT2D eigenvalue weighted by atomic mass is 9.69. The smallest absolute Gasteiger partial charge is 0.311 e. The first kappa shape index (κ1) is 32.5. The molecule has 40 heavy (non-hydrogen) atoms. The monoisotopic (exact) mass is 563 g/mol. The Bertz CT molecular complexity index is 932. The standard InChI is InChI=1S/C30H53N5O5/c1-28(2,3)24(26(38)34-18-22(36)17-23(34)25(37)31-6)35-20-30(32-33-35,19-29(4,5)27(39)40-7)21-15-13-11-9-8-10-12-14-16-21/h11,13,21-24,32-33,36H,8-10,12,14-20H2,1-7H3,(H,31,37)/b13-11-/t21?,22-,23+,24-,30?/m1/s1. The van der Waals surface area contributed by atoms with Crippen LogP contribution in [0.5, 0.6) is 0 Å². The number of nitrogens with one attached hydrogen (secondary N) is 3. The van der Waals surface area contributed by atoms with Crippen molar-refractivity contribution in [3.8, 4) is 0 Å². The average molecular weight is 564 g/mol. The highest BCUT2D eigenvalue weighted by Crippen LogP contribution is 2.42. The lowest BCUT2D eigenvalue weighted by molar-refractivity contribution is -0.152. The molecule has 0 aromatic rings. The average Bonchev–Trinajstić information content (AvgIpc) is 3.49. The molecule has 0 spiro atoms. The molecule has 0 bridgehead atoms. The van der Waals surface area contributed by atoms with E-state index >= 15 is 0 Å². The first-order valence-corrected chi connectivity index (χ1v) is 15.0. The number of nitrogens with zero attached hydrogens (tertiary/aromatic N) is 2. The number of aliphatic hydroxyl groups excluding tert-OH is 1. The number of hydrogen-bond donors (Lipinski definition) is 4. The number of hydrazine groups is 2. The number of aliphatic hydroxyl groups is 1. The fraction of sp³-hybridized carbons (Fsp3) is 0.833. The van der Waals surface area contributed by atoms with E-state index < -0.39 is 34.6 Å². The molecule has 2 saturated heterocycles. The number of likely N-dealkylation sites (N-methyl/N-ethyl adjacent to an activating group) is 1. The molecule has 5 atom stereocenters. The molecule has 0 aromatic carbocycles. The van der Waals surface area contributed by atoms with Crippen molar-refractivity contribution in [1.82, 2.24) is 26.2 Å². The third-order valence-electron chi connectivity index (χ3n) is 8.92. The molecule has 0 radical (unpaired) electrons. The van der Waals surface area contributed by atoms with E-state index in [1.54, 1.807) is 7.05 Å². The number of esters is 1. The fourth-order valence-electron chi connectivity index (χ4n) is 6.94. The number of rotatable bonds is 7. The summed E-state index contributed by atoms with van der Waals surface area (Å²) in [7, 11) is 2.98. The van der Waals surface area contributed by atoms with Gasteiger partial charge in [-0.05, 0) is 57.3 Å². The van der Waals surface area contributed by atoms with Crippen molar-refractivity contribution in [2.45, 2.75) is 116 Å². The fourth-order valence-corrected chi connectivity index (χ4v) is 6.94. The molecule has 2 unspecified atom stereocenters. The van der Waals surface area contributed by atoms with Gasteiger partial charge in [-0.3, -0.25) is 14.4 Å². The van der Waals surface area contributed by atoms with E-state index in [0.717, 1.165) is 25.7 Å². The van der Waals surface area contributed by atoms with Gasteiger partial charge in [0.2, 0.25) is 11.8 Å². The van der Waals surface area contributed by atoms with E-state index in [4.69, 9.17) is 4.74 Å². The Balaban J connectivity index is 1.97. The number of amides is 2. The summed E-state index contributed by atoms with van der Waals surface area (Å²) in [5.41, 5.74) is 5.22. The van der Waals surface area contributed by atoms with Crippen LogP contribution in [0.25, 0.3) is 0 Å². The highest BCUT2D eigenvalue weighted by molar-refractivity contribution is 5.90. The van der Waals surface area contributed by atoms with Crippen LogP contribution in [0.4, 0.5) is 0 Å². The molecule has 2 heterocycles. The topological polar surface area (TPSA) is 123 Å². The quantitative estimate of drug-likeness (QED) is 0.276. The van der Waals surface area contributed by atoms with E-state index in [1.165, 1.54) is 31.3 Å². The van der Waals surface area contributed by atoms with Crippen LogP contribution in [0.2, 0.25) is 0 Å². The van der Waals surface area contributed by atoms with Gasteiger partial charge < -0.3 is 20.1 Å². The van der Waals surface area contributed by atoms with Crippen molar-refractivity contribution in [2.75, 3.05) is 27.2 Å². The first-order valence-electron chi connectivity index (χ1n) is 15.0. The summed E-state index contributed by atoms with van der Waals surface area (Å²) in [6.45, 7) is 10.5. The molecule has 1 aliphatic carbocycles. The molecular weight excluding hydrogens is 510 g/mol. The number of allylic oxidation sites excluding steroid dienone is 2. The minimum absolute atomic E-state index is 0.124. The Morgan fingerprint density at radius 3 is 2.48 bits per heavy atom. The van der Waals surface area contributed by atoms with Gasteiger partial charge in [0.1, 0.15) is 12.1 Å². The van der Waals surface area contributed by atoms with Gasteiger partial charge in [0.25, 0.3) is 0 Å². The predicted molar refractivity (Wildman–Crippen MR) is 155 cm³/mol. The minimum Gasteiger partial charge on any atom is -0.469 e. The van der Waals surface area contributed by atoms with Crippen LogP contribution in [0.1, 0.15) is 92.4 Å². The molecule has 2 amide bonds. The van der Waals surface area contributed by atoms with Gasteiger partial charge in [-0.15, -0.1) is 0 Å². The Morgan fingerprint density at radius 1 is 1.12 bits per heavy atom. The molecule has 2 fully saturated rings. The summed E-state index contributed by atoms with van der Waals surface area (Å²) < 4.78 is 5.19. The van der Waals surface area contributed by atoms with Crippen LogP contribution in [-0.2, 0) is 19.1 Å². The summed E-state index contributed by atoms with van der Waals surface area (Å²) in [4.78, 5) is 41.2. The number of hydrogen-bond acceptors (Lipinski definition) is 8. The van der Waals surface area contributed by atoms with E-state index in [1.807, 2.05) is 39.6 Å². The summed E-state index contributed by atoms with van der Waals surface area (Å²) in [5, 5.41) is 15.0. The van der Waals surface area contributed by atoms with Gasteiger partial charge in [-0.1, -0.05) is 52.2 Å². The largest absolute Gasteiger partial charge is 0.469 e. The third kappa shape index (κ3) is 7.43. The molecule has 228 valence electrons. The molecule has 3 rings (SSSR count). The van der Waals surface area contributed by atoms with Crippen LogP contribution in [0.3, 0.4) is 0 Å². The molecule has 4 N–H and O–H groups in total. The van der Waals surface area contributed by atoms with Crippen LogP contribution >= 0.6 is 0 Å². The highest BCUT2D eigenvalue weighted by atomic mass is 16.5. The lowest BCUT2D eigenvalue weighted by Gasteiger charge is -2.43. The van der Waals surface area contributed by atoms with Crippen LogP contribution in [0.15, 0.2) is 12.2 Å². The van der Waals surface area contributed by atoms with Crippen molar-refractivity contribution in [3.63, 3.8) is 0 Å². The third-order valence-corrected chi connectivity index (χ3v) is 8.92. The Labute approximate surface area is 240 Å². The summed E-state index contributed by atoms with van der Waals surface area (Å²) >= 11 is 0. The molecule has 0 aromatic heterocycles. The Hall–Kier alpha value is -2.01. The van der Waals surface area contributed by atoms with E-state index in [2.05, 4.69) is 28.4 Å². The number of likely N-dealkylation sites (tertiary alicyclic amines) is 1. The van der Waals surface area contributed by atoms with Gasteiger partial charge in [-0.2, -0.15) is 5.53 Å². The summed E-state index contributed by atoms with van der Waals surface area (Å²) in [6.07, 6.45) is 12.3. The second kappa shape index (κ2) is 13.3. The Kier molecular flexibility index (Phi) is 10.8. The van der Waals surface area contributed by atoms with E-state index in [0.29, 0.717) is 13.0 Å². The second-order valence-corrected chi connectivity index (χ2v) is 13.7. The zero-order valence-electron chi connectivity index (χ0n) is 25.7. The minimum atomic E-state index is -0.747. The van der Waals surface area contributed by atoms with E-state index in [9.17, 15) is 19.5 Å². The maximum absolute atomic E-state index is 14.2. The lowest BCUT2D eigenvalue weighted by Crippen LogP contribution is -2.60. The van der Waals surface area contributed by atoms with Crippen LogP contribution in [-0.4, -0.2) is 83.8 Å². The normalized spacial score (nSPS) is 30.5. The van der Waals surface area contributed by atoms with Crippen molar-refractivity contribution in [3.05, 3.63) is 12.2 Å². The van der Waals surface area contributed by atoms with Gasteiger partial charge in [0.15, 0.2) is 0 Å². The Morgan fingerprint density at radius 2 is 1.82 bits per heavy atom. The van der Waals surface area contributed by atoms with Gasteiger partial charge >= 0.3 is 5.97 Å². The zero-order chi connectivity index (χ0) is 29.7. The number of carbonyl (C=O) groups is 3. The van der Waals surface area contributed by atoms with Gasteiger partial charge in [0, 0.05) is 26.6 Å². The number of β-amino-alcohol motifs (C(OH)–C–C–N with tert-alkyl or cyclic N) is 1. The summed E-state index contributed by atoms with van der Waals surface area (Å²) in [6, 6.07) is -1.32. The van der Waals surface area contributed by atoms with Crippen molar-refractivity contribution < 1.29 is 24.2 Å². The molecule has 3 aliphatic rings. The number of ether oxygens (including phenoxy) is 1. The molecule has 10 heteroatoms. The second-order valence-electron chi connectivity index (χ2n) is 13.7. The molecular formula is C30H53N5O5. The number of carbonyl (C=O) groups excluding carboxylic acids is 3. The maximum Gasteiger partial charge on any atom is 0.311 e. The van der Waals surface area contributed by atoms with Crippen LogP contribution < -0.4 is 16.3 Å². The van der Waals surface area contributed by atoms with Gasteiger partial charge in [-0.25, -0.2) is 10.4 Å². The van der Waals surface area contributed by atoms with Crippen molar-refractivity contribution in [2.24, 2.45) is 16.7 Å². The van der Waals surface area contributed by atoms with E-state index in [-0.39, 0.29) is 36.7 Å². The molecule has 10 nitrogen and oxygen atoms in total. The van der Waals surface area contributed by atoms with Crippen molar-refractivity contribution in [1.29, 1.82) is 0 Å². The van der Waals surface area contributed by atoms with Crippen LogP contribution in [0, 0.1) is 16.7 Å². The highest BCUT2D eigenvalue weighted by Gasteiger charge is 2.54.